The lowest BCUT2D eigenvalue weighted by atomic mass is 9.91. The summed E-state index contributed by atoms with van der Waals surface area (Å²) in [7, 11) is 0. The lowest BCUT2D eigenvalue weighted by Crippen LogP contribution is -2.38. The first-order valence-corrected chi connectivity index (χ1v) is 8.64. The molecular formula is C20H19ClN2O. The normalized spacial score (nSPS) is 16.8. The number of carbonyl (C=O) groups excluding carboxylic acids is 1. The van der Waals surface area contributed by atoms with E-state index in [2.05, 4.69) is 35.4 Å². The van der Waals surface area contributed by atoms with Crippen molar-refractivity contribution in [1.29, 1.82) is 0 Å². The third-order valence-electron chi connectivity index (χ3n) is 4.77. The summed E-state index contributed by atoms with van der Waals surface area (Å²) in [5.74, 6) is -0.0575. The molecule has 1 heterocycles. The van der Waals surface area contributed by atoms with Gasteiger partial charge >= 0.3 is 0 Å². The van der Waals surface area contributed by atoms with E-state index in [-0.39, 0.29) is 11.9 Å². The van der Waals surface area contributed by atoms with Gasteiger partial charge in [-0.25, -0.2) is 0 Å². The van der Waals surface area contributed by atoms with Crippen LogP contribution in [-0.2, 0) is 12.8 Å². The second-order valence-corrected chi connectivity index (χ2v) is 6.99. The minimum Gasteiger partial charge on any atom is -0.358 e. The first-order chi connectivity index (χ1) is 11.6. The molecule has 0 radical (unpaired) electrons. The number of rotatable bonds is 2. The number of carbonyl (C=O) groups is 1. The molecule has 122 valence electrons. The number of hydrogen-bond acceptors (Lipinski definition) is 1. The van der Waals surface area contributed by atoms with Gasteiger partial charge in [0.05, 0.1) is 0 Å². The Morgan fingerprint density at radius 3 is 2.96 bits per heavy atom. The highest BCUT2D eigenvalue weighted by atomic mass is 35.5. The molecular weight excluding hydrogens is 320 g/mol. The number of fused-ring (bicyclic) bond motifs is 3. The van der Waals surface area contributed by atoms with Crippen LogP contribution in [0.3, 0.4) is 0 Å². The number of aryl methyl sites for hydroxylation is 2. The van der Waals surface area contributed by atoms with Gasteiger partial charge in [-0.1, -0.05) is 29.3 Å². The van der Waals surface area contributed by atoms with Crippen LogP contribution >= 0.6 is 11.6 Å². The first-order valence-electron chi connectivity index (χ1n) is 8.26. The van der Waals surface area contributed by atoms with Crippen LogP contribution in [0.1, 0.15) is 33.6 Å². The van der Waals surface area contributed by atoms with E-state index < -0.39 is 0 Å². The molecule has 4 rings (SSSR count). The van der Waals surface area contributed by atoms with Crippen molar-refractivity contribution in [3.05, 3.63) is 69.9 Å². The molecule has 1 atom stereocenters. The van der Waals surface area contributed by atoms with Gasteiger partial charge in [0, 0.05) is 39.6 Å². The Morgan fingerprint density at radius 2 is 2.12 bits per heavy atom. The molecule has 2 N–H and O–H groups in total. The molecule has 1 amide bonds. The maximum Gasteiger partial charge on any atom is 0.251 e. The highest BCUT2D eigenvalue weighted by Crippen LogP contribution is 2.30. The number of H-pyrrole nitrogens is 1. The van der Waals surface area contributed by atoms with Crippen LogP contribution in [0.5, 0.6) is 0 Å². The van der Waals surface area contributed by atoms with Gasteiger partial charge in [0.25, 0.3) is 5.91 Å². The quantitative estimate of drug-likeness (QED) is 0.714. The van der Waals surface area contributed by atoms with Crippen LogP contribution in [0.25, 0.3) is 10.9 Å². The molecule has 3 aromatic rings. The summed E-state index contributed by atoms with van der Waals surface area (Å²) in [6, 6.07) is 13.7. The van der Waals surface area contributed by atoms with Crippen molar-refractivity contribution in [1.82, 2.24) is 10.3 Å². The minimum absolute atomic E-state index is 0.0575. The van der Waals surface area contributed by atoms with Gasteiger partial charge in [0.15, 0.2) is 0 Å². The number of nitrogens with one attached hydrogen (secondary N) is 2. The largest absolute Gasteiger partial charge is 0.358 e. The molecule has 1 aliphatic rings. The van der Waals surface area contributed by atoms with Gasteiger partial charge < -0.3 is 10.3 Å². The lowest BCUT2D eigenvalue weighted by molar-refractivity contribution is 0.0933. The summed E-state index contributed by atoms with van der Waals surface area (Å²) in [5.41, 5.74) is 5.73. The van der Waals surface area contributed by atoms with E-state index in [1.165, 1.54) is 27.7 Å². The van der Waals surface area contributed by atoms with E-state index in [9.17, 15) is 4.79 Å². The maximum atomic E-state index is 12.4. The van der Waals surface area contributed by atoms with Gasteiger partial charge in [0.1, 0.15) is 0 Å². The zero-order valence-corrected chi connectivity index (χ0v) is 14.3. The van der Waals surface area contributed by atoms with Crippen LogP contribution in [0.15, 0.2) is 42.5 Å². The second-order valence-electron chi connectivity index (χ2n) is 6.55. The van der Waals surface area contributed by atoms with Gasteiger partial charge in [-0.3, -0.25) is 4.79 Å². The molecule has 3 nitrogen and oxygen atoms in total. The fourth-order valence-corrected chi connectivity index (χ4v) is 3.76. The number of amides is 1. The summed E-state index contributed by atoms with van der Waals surface area (Å²) in [6.45, 7) is 2.12. The average molecular weight is 339 g/mol. The molecule has 0 aliphatic heterocycles. The Hall–Kier alpha value is -2.26. The first kappa shape index (κ1) is 15.3. The van der Waals surface area contributed by atoms with E-state index in [0.29, 0.717) is 10.6 Å². The Labute approximate surface area is 146 Å². The molecule has 4 heteroatoms. The zero-order valence-electron chi connectivity index (χ0n) is 13.5. The number of aromatic nitrogens is 1. The standard InChI is InChI=1S/C20H19ClN2O/c1-12-5-8-18-17(9-12)16-7-6-15(11-19(16)23-18)22-20(24)13-3-2-4-14(21)10-13/h2-5,8-10,15,23H,6-7,11H2,1H3,(H,22,24). The molecule has 0 saturated carbocycles. The van der Waals surface area contributed by atoms with Crippen LogP contribution in [0, 0.1) is 6.92 Å². The van der Waals surface area contributed by atoms with Crippen LogP contribution in [0.4, 0.5) is 0 Å². The van der Waals surface area contributed by atoms with E-state index in [0.717, 1.165) is 19.3 Å². The average Bonchev–Trinajstić information content (AvgIpc) is 2.92. The van der Waals surface area contributed by atoms with E-state index in [1.807, 2.05) is 0 Å². The fourth-order valence-electron chi connectivity index (χ4n) is 3.57. The predicted molar refractivity (Wildman–Crippen MR) is 97.8 cm³/mol. The van der Waals surface area contributed by atoms with Crippen molar-refractivity contribution in [3.63, 3.8) is 0 Å². The van der Waals surface area contributed by atoms with Crippen LogP contribution in [-0.4, -0.2) is 16.9 Å². The number of aromatic amines is 1. The Bertz CT molecular complexity index is 929. The molecule has 0 saturated heterocycles. The molecule has 1 aromatic heterocycles. The highest BCUT2D eigenvalue weighted by Gasteiger charge is 2.24. The summed E-state index contributed by atoms with van der Waals surface area (Å²) in [4.78, 5) is 15.9. The lowest BCUT2D eigenvalue weighted by Gasteiger charge is -2.23. The van der Waals surface area contributed by atoms with Gasteiger partial charge in [0.2, 0.25) is 0 Å². The second kappa shape index (κ2) is 5.99. The highest BCUT2D eigenvalue weighted by molar-refractivity contribution is 6.30. The van der Waals surface area contributed by atoms with E-state index in [4.69, 9.17) is 11.6 Å². The van der Waals surface area contributed by atoms with Crippen molar-refractivity contribution >= 4 is 28.4 Å². The van der Waals surface area contributed by atoms with Crippen molar-refractivity contribution in [2.75, 3.05) is 0 Å². The summed E-state index contributed by atoms with van der Waals surface area (Å²) in [5, 5.41) is 5.05. The maximum absolute atomic E-state index is 12.4. The Kier molecular flexibility index (Phi) is 3.81. The van der Waals surface area contributed by atoms with E-state index >= 15 is 0 Å². The Morgan fingerprint density at radius 1 is 1.25 bits per heavy atom. The third-order valence-corrected chi connectivity index (χ3v) is 5.00. The number of halogens is 1. The van der Waals surface area contributed by atoms with Crippen molar-refractivity contribution < 1.29 is 4.79 Å². The number of hydrogen-bond donors (Lipinski definition) is 2. The fraction of sp³-hybridized carbons (Fsp3) is 0.250. The predicted octanol–water partition coefficient (Wildman–Crippen LogP) is 4.42. The monoisotopic (exact) mass is 338 g/mol. The summed E-state index contributed by atoms with van der Waals surface area (Å²) < 4.78 is 0. The van der Waals surface area contributed by atoms with Gasteiger partial charge in [-0.05, 0) is 55.7 Å². The molecule has 0 fully saturated rings. The molecule has 1 aliphatic carbocycles. The topological polar surface area (TPSA) is 44.9 Å². The summed E-state index contributed by atoms with van der Waals surface area (Å²) >= 11 is 5.97. The molecule has 24 heavy (non-hydrogen) atoms. The minimum atomic E-state index is -0.0575. The zero-order chi connectivity index (χ0) is 16.7. The van der Waals surface area contributed by atoms with Gasteiger partial charge in [-0.2, -0.15) is 0 Å². The SMILES string of the molecule is Cc1ccc2[nH]c3c(c2c1)CCC(NC(=O)c1cccc(Cl)c1)C3. The number of benzene rings is 2. The van der Waals surface area contributed by atoms with Crippen molar-refractivity contribution in [2.45, 2.75) is 32.2 Å². The molecule has 0 bridgehead atoms. The molecule has 1 unspecified atom stereocenters. The van der Waals surface area contributed by atoms with Crippen molar-refractivity contribution in [3.8, 4) is 0 Å². The van der Waals surface area contributed by atoms with E-state index in [1.54, 1.807) is 24.3 Å². The smallest absolute Gasteiger partial charge is 0.251 e. The van der Waals surface area contributed by atoms with Crippen LogP contribution in [0.2, 0.25) is 5.02 Å². The summed E-state index contributed by atoms with van der Waals surface area (Å²) in [6.07, 6.45) is 2.79. The van der Waals surface area contributed by atoms with Gasteiger partial charge in [-0.15, -0.1) is 0 Å². The third kappa shape index (κ3) is 2.80. The molecule has 0 spiro atoms. The molecule has 2 aromatic carbocycles. The van der Waals surface area contributed by atoms with Crippen LogP contribution < -0.4 is 5.32 Å². The Balaban J connectivity index is 1.54. The van der Waals surface area contributed by atoms with Crippen molar-refractivity contribution in [2.24, 2.45) is 0 Å².